The van der Waals surface area contributed by atoms with E-state index in [-0.39, 0.29) is 12.1 Å². The molecule has 10 nitrogen and oxygen atoms in total. The van der Waals surface area contributed by atoms with Crippen LogP contribution in [0.15, 0.2) is 36.8 Å². The summed E-state index contributed by atoms with van der Waals surface area (Å²) in [6.07, 6.45) is 0.537. The zero-order valence-electron chi connectivity index (χ0n) is 21.1. The van der Waals surface area contributed by atoms with Crippen LogP contribution in [-0.4, -0.2) is 64.2 Å². The molecule has 5 heterocycles. The summed E-state index contributed by atoms with van der Waals surface area (Å²) >= 11 is 0. The van der Waals surface area contributed by atoms with Crippen molar-refractivity contribution in [3.05, 3.63) is 48.0 Å². The number of carbonyl (C=O) groups excluding carboxylic acids is 1. The zero-order valence-corrected chi connectivity index (χ0v) is 21.1. The number of hydrogen-bond acceptors (Lipinski definition) is 9. The summed E-state index contributed by atoms with van der Waals surface area (Å²) in [4.78, 5) is 23.2. The Balaban J connectivity index is 1.48. The van der Waals surface area contributed by atoms with Crippen LogP contribution >= 0.6 is 0 Å². The van der Waals surface area contributed by atoms with Gasteiger partial charge < -0.3 is 25.4 Å². The number of halogens is 3. The summed E-state index contributed by atoms with van der Waals surface area (Å²) in [5.41, 5.74) is 8.27. The van der Waals surface area contributed by atoms with E-state index in [1.165, 1.54) is 12.4 Å². The van der Waals surface area contributed by atoms with Crippen molar-refractivity contribution in [1.29, 1.82) is 0 Å². The van der Waals surface area contributed by atoms with E-state index in [2.05, 4.69) is 25.3 Å². The number of nitrogens with zero attached hydrogens (tertiary/aromatic N) is 5. The minimum atomic E-state index is -4.39. The second-order valence-electron chi connectivity index (χ2n) is 9.92. The largest absolute Gasteiger partial charge is 0.449 e. The van der Waals surface area contributed by atoms with Gasteiger partial charge in [0.15, 0.2) is 0 Å². The number of hydrogen-bond donors (Lipinski definition) is 2. The summed E-state index contributed by atoms with van der Waals surface area (Å²) in [6.45, 7) is 3.46. The Morgan fingerprint density at radius 1 is 1.24 bits per heavy atom. The van der Waals surface area contributed by atoms with Crippen LogP contribution in [0.5, 0.6) is 0 Å². The number of fused-ring (bicyclic) bond motifs is 1. The van der Waals surface area contributed by atoms with Gasteiger partial charge in [-0.2, -0.15) is 18.3 Å². The first-order chi connectivity index (χ1) is 17.9. The number of nitrogens with two attached hydrogens (primary N) is 1. The molecule has 0 bridgehead atoms. The molecule has 1 saturated heterocycles. The van der Waals surface area contributed by atoms with Crippen molar-refractivity contribution < 1.29 is 27.4 Å². The Bertz CT molecular complexity index is 1360. The molecule has 0 unspecified atom stereocenters. The summed E-state index contributed by atoms with van der Waals surface area (Å²) in [5, 5.41) is 7.06. The van der Waals surface area contributed by atoms with E-state index in [4.69, 9.17) is 15.2 Å². The lowest BCUT2D eigenvalue weighted by molar-refractivity contribution is -0.142. The van der Waals surface area contributed by atoms with Crippen LogP contribution in [0.3, 0.4) is 0 Å². The van der Waals surface area contributed by atoms with Gasteiger partial charge in [-0.15, -0.1) is 0 Å². The molecule has 0 aliphatic carbocycles. The molecule has 1 fully saturated rings. The van der Waals surface area contributed by atoms with Gasteiger partial charge in [-0.1, -0.05) is 0 Å². The SMILES string of the molecule is CO[C@H]1CCN(c2cc(Nc3ccc4c(n3)C(C)(C)OC4=O)ncc2-c2cnn(CC(F)(F)F)c2)C[C@H]1N. The van der Waals surface area contributed by atoms with Crippen molar-refractivity contribution in [2.24, 2.45) is 5.73 Å². The first-order valence-electron chi connectivity index (χ1n) is 12.1. The van der Waals surface area contributed by atoms with Crippen LogP contribution in [0.2, 0.25) is 0 Å². The number of anilines is 3. The highest BCUT2D eigenvalue weighted by Crippen LogP contribution is 2.37. The number of carbonyl (C=O) groups is 1. The Labute approximate surface area is 216 Å². The lowest BCUT2D eigenvalue weighted by Crippen LogP contribution is -2.52. The quantitative estimate of drug-likeness (QED) is 0.460. The highest BCUT2D eigenvalue weighted by molar-refractivity contribution is 5.94. The molecule has 0 spiro atoms. The number of ether oxygens (including phenoxy) is 2. The number of esters is 1. The number of nitrogens with one attached hydrogen (secondary N) is 1. The second-order valence-corrected chi connectivity index (χ2v) is 9.92. The molecule has 0 amide bonds. The third kappa shape index (κ3) is 5.16. The van der Waals surface area contributed by atoms with Crippen LogP contribution in [0.25, 0.3) is 11.1 Å². The molecule has 13 heteroatoms. The van der Waals surface area contributed by atoms with Crippen LogP contribution in [0.1, 0.15) is 36.3 Å². The predicted molar refractivity (Wildman–Crippen MR) is 133 cm³/mol. The third-order valence-electron chi connectivity index (χ3n) is 6.69. The maximum Gasteiger partial charge on any atom is 0.408 e. The Hall–Kier alpha value is -3.71. The van der Waals surface area contributed by atoms with Gasteiger partial charge in [0, 0.05) is 61.5 Å². The minimum Gasteiger partial charge on any atom is -0.449 e. The van der Waals surface area contributed by atoms with Crippen molar-refractivity contribution in [1.82, 2.24) is 19.7 Å². The molecular formula is C25H28F3N7O3. The van der Waals surface area contributed by atoms with Crippen molar-refractivity contribution in [3.8, 4) is 11.1 Å². The zero-order chi connectivity index (χ0) is 27.2. The molecule has 0 radical (unpaired) electrons. The van der Waals surface area contributed by atoms with Crippen LogP contribution in [0, 0.1) is 0 Å². The first kappa shape index (κ1) is 25.9. The van der Waals surface area contributed by atoms with Crippen LogP contribution in [-0.2, 0) is 21.6 Å². The smallest absolute Gasteiger partial charge is 0.408 e. The lowest BCUT2D eigenvalue weighted by atomic mass is 10.0. The molecule has 2 aliphatic heterocycles. The van der Waals surface area contributed by atoms with Crippen molar-refractivity contribution >= 4 is 23.3 Å². The number of aromatic nitrogens is 4. The average molecular weight is 532 g/mol. The van der Waals surface area contributed by atoms with E-state index in [1.54, 1.807) is 45.4 Å². The van der Waals surface area contributed by atoms with Crippen molar-refractivity contribution in [3.63, 3.8) is 0 Å². The summed E-state index contributed by atoms with van der Waals surface area (Å²) in [6, 6.07) is 4.87. The van der Waals surface area contributed by atoms with Crippen LogP contribution < -0.4 is 16.0 Å². The summed E-state index contributed by atoms with van der Waals surface area (Å²) in [5.74, 6) is 0.508. The van der Waals surface area contributed by atoms with Crippen LogP contribution in [0.4, 0.5) is 30.5 Å². The standard InChI is InChI=1S/C25H28F3N7O3/c1-24(2)22-15(23(36)38-24)4-5-20(33-22)32-21-8-18(34-7-6-19(37-3)17(29)12-34)16(10-30-21)14-9-31-35(11-14)13-25(26,27)28/h4-5,8-11,17,19H,6-7,12-13,29H2,1-3H3,(H,30,32,33)/t17-,19+/m1/s1. The van der Waals surface area contributed by atoms with Gasteiger partial charge >= 0.3 is 12.1 Å². The Kier molecular flexibility index (Phi) is 6.51. The number of pyridine rings is 2. The molecule has 3 aromatic heterocycles. The van der Waals surface area contributed by atoms with Gasteiger partial charge in [0.25, 0.3) is 0 Å². The highest BCUT2D eigenvalue weighted by Gasteiger charge is 2.39. The minimum absolute atomic E-state index is 0.0902. The van der Waals surface area contributed by atoms with Gasteiger partial charge in [-0.3, -0.25) is 4.68 Å². The molecule has 3 N–H and O–H groups in total. The van der Waals surface area contributed by atoms with Gasteiger partial charge in [0.05, 0.1) is 17.9 Å². The number of cyclic esters (lactones) is 1. The average Bonchev–Trinajstić information content (AvgIpc) is 3.38. The number of methoxy groups -OCH3 is 1. The normalized spacial score (nSPS) is 20.8. The Morgan fingerprint density at radius 2 is 2.03 bits per heavy atom. The first-order valence-corrected chi connectivity index (χ1v) is 12.1. The molecule has 2 aliphatic rings. The van der Waals surface area contributed by atoms with Gasteiger partial charge in [0.1, 0.15) is 29.5 Å². The maximum absolute atomic E-state index is 12.9. The molecule has 0 saturated carbocycles. The van der Waals surface area contributed by atoms with E-state index in [0.717, 1.165) is 10.4 Å². The lowest BCUT2D eigenvalue weighted by Gasteiger charge is -2.38. The highest BCUT2D eigenvalue weighted by atomic mass is 19.4. The molecule has 3 aromatic rings. The molecule has 2 atom stereocenters. The fraction of sp³-hybridized carbons (Fsp3) is 0.440. The van der Waals surface area contributed by atoms with Gasteiger partial charge in [0.2, 0.25) is 0 Å². The van der Waals surface area contributed by atoms with Gasteiger partial charge in [-0.05, 0) is 32.4 Å². The summed E-state index contributed by atoms with van der Waals surface area (Å²) < 4.78 is 50.4. The number of piperidine rings is 1. The fourth-order valence-electron chi connectivity index (χ4n) is 4.86. The molecule has 5 rings (SSSR count). The summed E-state index contributed by atoms with van der Waals surface area (Å²) in [7, 11) is 1.62. The van der Waals surface area contributed by atoms with Crippen molar-refractivity contribution in [2.45, 2.75) is 50.7 Å². The van der Waals surface area contributed by atoms with E-state index in [0.29, 0.717) is 53.5 Å². The molecule has 202 valence electrons. The maximum atomic E-state index is 12.9. The molecule has 0 aromatic carbocycles. The Morgan fingerprint density at radius 3 is 2.74 bits per heavy atom. The molecular weight excluding hydrogens is 503 g/mol. The van der Waals surface area contributed by atoms with E-state index in [1.807, 2.05) is 0 Å². The molecule has 38 heavy (non-hydrogen) atoms. The third-order valence-corrected chi connectivity index (χ3v) is 6.69. The predicted octanol–water partition coefficient (Wildman–Crippen LogP) is 3.60. The second kappa shape index (κ2) is 9.55. The topological polar surface area (TPSA) is 120 Å². The monoisotopic (exact) mass is 531 g/mol. The van der Waals surface area contributed by atoms with E-state index < -0.39 is 24.3 Å². The van der Waals surface area contributed by atoms with Gasteiger partial charge in [-0.25, -0.2) is 14.8 Å². The number of alkyl halides is 3. The van der Waals surface area contributed by atoms with Crippen molar-refractivity contribution in [2.75, 3.05) is 30.4 Å². The van der Waals surface area contributed by atoms with E-state index in [9.17, 15) is 18.0 Å². The fourth-order valence-corrected chi connectivity index (χ4v) is 4.86. The van der Waals surface area contributed by atoms with E-state index >= 15 is 0 Å². The number of rotatable bonds is 6.